The van der Waals surface area contributed by atoms with E-state index < -0.39 is 37.2 Å². The average molecular weight is 393 g/mol. The number of carbonyl (C=O) groups is 3. The highest BCUT2D eigenvalue weighted by atomic mass is 16.7. The van der Waals surface area contributed by atoms with Gasteiger partial charge in [-0.05, 0) is 44.9 Å². The second-order valence-electron chi connectivity index (χ2n) is 7.41. The number of hydrogen-bond donors (Lipinski definition) is 2. The van der Waals surface area contributed by atoms with Gasteiger partial charge in [0, 0.05) is 6.92 Å². The molecule has 1 aliphatic rings. The number of ether oxygens (including phenoxy) is 3. The van der Waals surface area contributed by atoms with Gasteiger partial charge < -0.3 is 29.2 Å². The van der Waals surface area contributed by atoms with Gasteiger partial charge in [-0.15, -0.1) is 0 Å². The Kier molecular flexibility index (Phi) is 6.55. The first kappa shape index (κ1) is 21.6. The molecular weight excluding hydrogens is 369 g/mol. The second kappa shape index (κ2) is 8.51. The van der Waals surface area contributed by atoms with Crippen LogP contribution in [0.3, 0.4) is 0 Å². The largest absolute Gasteiger partial charge is 0.547 e. The third-order valence-corrected chi connectivity index (χ3v) is 4.00. The van der Waals surface area contributed by atoms with Crippen molar-refractivity contribution < 1.29 is 38.3 Å². The van der Waals surface area contributed by atoms with E-state index in [1.165, 1.54) is 20.1 Å². The summed E-state index contributed by atoms with van der Waals surface area (Å²) in [6.07, 6.45) is 0.229. The molecule has 0 saturated heterocycles. The maximum atomic E-state index is 12.5. The second-order valence-corrected chi connectivity index (χ2v) is 7.41. The normalized spacial score (nSPS) is 15.8. The smallest absolute Gasteiger partial charge is 0.534 e. The molecule has 1 aromatic rings. The topological polar surface area (TPSA) is 120 Å². The van der Waals surface area contributed by atoms with Gasteiger partial charge in [-0.2, -0.15) is 0 Å². The zero-order valence-corrected chi connectivity index (χ0v) is 16.5. The van der Waals surface area contributed by atoms with Gasteiger partial charge in [0.05, 0.1) is 18.5 Å². The number of rotatable bonds is 5. The van der Waals surface area contributed by atoms with Gasteiger partial charge in [-0.25, -0.2) is 4.79 Å². The van der Waals surface area contributed by atoms with E-state index in [2.05, 4.69) is 5.32 Å². The number of hydrogen-bond acceptors (Lipinski definition) is 8. The van der Waals surface area contributed by atoms with Crippen LogP contribution in [0.1, 0.15) is 43.6 Å². The highest BCUT2D eigenvalue weighted by Gasteiger charge is 2.38. The van der Waals surface area contributed by atoms with Crippen molar-refractivity contribution in [1.82, 2.24) is 5.32 Å². The fourth-order valence-corrected chi connectivity index (χ4v) is 2.57. The van der Waals surface area contributed by atoms with Crippen molar-refractivity contribution in [3.05, 3.63) is 23.3 Å². The van der Waals surface area contributed by atoms with Gasteiger partial charge >= 0.3 is 19.1 Å². The monoisotopic (exact) mass is 393 g/mol. The maximum absolute atomic E-state index is 12.5. The van der Waals surface area contributed by atoms with Crippen LogP contribution in [0.15, 0.2) is 12.1 Å². The molecule has 1 aromatic carbocycles. The third kappa shape index (κ3) is 5.16. The standard InChI is InChI=1S/C18H24BNO8/c1-10(21)20-14-7-11-6-12(25-5)8-13(15(11)28-19(14)24)16(22)26-9-27-17(23)18(2,3)4/h6,8,14,24H,7,9H2,1-5H3,(H,20,21). The number of nitrogens with one attached hydrogen (secondary N) is 1. The summed E-state index contributed by atoms with van der Waals surface area (Å²) >= 11 is 0. The molecular formula is C18H24BNO8. The summed E-state index contributed by atoms with van der Waals surface area (Å²) in [5.41, 5.74) is -0.156. The minimum atomic E-state index is -1.34. The molecule has 0 fully saturated rings. The lowest BCUT2D eigenvalue weighted by Gasteiger charge is -2.29. The van der Waals surface area contributed by atoms with E-state index in [4.69, 9.17) is 18.9 Å². The zero-order valence-electron chi connectivity index (χ0n) is 16.5. The van der Waals surface area contributed by atoms with Gasteiger partial charge in [0.1, 0.15) is 17.1 Å². The number of amides is 1. The van der Waals surface area contributed by atoms with Crippen LogP contribution in [-0.4, -0.2) is 49.8 Å². The molecule has 1 heterocycles. The maximum Gasteiger partial charge on any atom is 0.547 e. The Labute approximate surface area is 163 Å². The van der Waals surface area contributed by atoms with Crippen LogP contribution >= 0.6 is 0 Å². The fourth-order valence-electron chi connectivity index (χ4n) is 2.57. The highest BCUT2D eigenvalue weighted by Crippen LogP contribution is 2.34. The Bertz CT molecular complexity index is 774. The Balaban J connectivity index is 2.20. The number of benzene rings is 1. The molecule has 10 heteroatoms. The van der Waals surface area contributed by atoms with Crippen molar-refractivity contribution >= 4 is 25.0 Å². The Morgan fingerprint density at radius 2 is 1.96 bits per heavy atom. The summed E-state index contributed by atoms with van der Waals surface area (Å²) in [5, 5.41) is 12.7. The summed E-state index contributed by atoms with van der Waals surface area (Å²) in [4.78, 5) is 35.5. The summed E-state index contributed by atoms with van der Waals surface area (Å²) in [6, 6.07) is 3.05. The number of methoxy groups -OCH3 is 1. The van der Waals surface area contributed by atoms with Crippen molar-refractivity contribution in [1.29, 1.82) is 0 Å². The average Bonchev–Trinajstić information content (AvgIpc) is 2.60. The van der Waals surface area contributed by atoms with Crippen molar-refractivity contribution in [3.63, 3.8) is 0 Å². The van der Waals surface area contributed by atoms with E-state index in [1.54, 1.807) is 26.8 Å². The van der Waals surface area contributed by atoms with Gasteiger partial charge in [-0.3, -0.25) is 9.59 Å². The fraction of sp³-hybridized carbons (Fsp3) is 0.500. The first-order chi connectivity index (χ1) is 13.0. The van der Waals surface area contributed by atoms with Gasteiger partial charge in [-0.1, -0.05) is 0 Å². The first-order valence-electron chi connectivity index (χ1n) is 8.70. The molecule has 0 aromatic heterocycles. The molecule has 2 N–H and O–H groups in total. The molecule has 0 spiro atoms. The number of esters is 2. The van der Waals surface area contributed by atoms with Gasteiger partial charge in [0.2, 0.25) is 12.7 Å². The molecule has 152 valence electrons. The summed E-state index contributed by atoms with van der Waals surface area (Å²) < 4.78 is 20.6. The van der Waals surface area contributed by atoms with Crippen LogP contribution in [0.5, 0.6) is 11.5 Å². The molecule has 0 radical (unpaired) electrons. The molecule has 9 nitrogen and oxygen atoms in total. The summed E-state index contributed by atoms with van der Waals surface area (Å²) in [7, 11) is 0.0984. The molecule has 1 atom stereocenters. The quantitative estimate of drug-likeness (QED) is 0.429. The van der Waals surface area contributed by atoms with E-state index in [1.807, 2.05) is 0 Å². The van der Waals surface area contributed by atoms with E-state index in [0.29, 0.717) is 11.3 Å². The highest BCUT2D eigenvalue weighted by molar-refractivity contribution is 6.47. The molecule has 0 saturated carbocycles. The number of carbonyl (C=O) groups excluding carboxylic acids is 3. The summed E-state index contributed by atoms with van der Waals surface area (Å²) in [5.74, 6) is -1.81. The van der Waals surface area contributed by atoms with Crippen LogP contribution in [-0.2, 0) is 25.5 Å². The van der Waals surface area contributed by atoms with Crippen molar-refractivity contribution in [2.75, 3.05) is 13.9 Å². The molecule has 0 bridgehead atoms. The lowest BCUT2D eigenvalue weighted by molar-refractivity contribution is -0.161. The molecule has 0 aliphatic carbocycles. The predicted octanol–water partition coefficient (Wildman–Crippen LogP) is 0.858. The van der Waals surface area contributed by atoms with E-state index in [0.717, 1.165) is 0 Å². The Hall–Kier alpha value is -2.75. The minimum Gasteiger partial charge on any atom is -0.534 e. The SMILES string of the molecule is COc1cc2c(c(C(=O)OCOC(=O)C(C)(C)C)c1)OB(O)C(NC(C)=O)C2. The first-order valence-corrected chi connectivity index (χ1v) is 8.70. The zero-order chi connectivity index (χ0) is 21.1. The lowest BCUT2D eigenvalue weighted by atomic mass is 9.72. The van der Waals surface area contributed by atoms with Crippen LogP contribution in [0.25, 0.3) is 0 Å². The predicted molar refractivity (Wildman–Crippen MR) is 98.7 cm³/mol. The van der Waals surface area contributed by atoms with Crippen LogP contribution < -0.4 is 14.7 Å². The molecule has 1 aliphatic heterocycles. The van der Waals surface area contributed by atoms with Crippen LogP contribution in [0, 0.1) is 5.41 Å². The molecule has 1 unspecified atom stereocenters. The van der Waals surface area contributed by atoms with E-state index in [9.17, 15) is 19.4 Å². The van der Waals surface area contributed by atoms with Crippen molar-refractivity contribution in [2.24, 2.45) is 5.41 Å². The van der Waals surface area contributed by atoms with E-state index >= 15 is 0 Å². The minimum absolute atomic E-state index is 0.0153. The van der Waals surface area contributed by atoms with Crippen molar-refractivity contribution in [3.8, 4) is 11.5 Å². The molecule has 2 rings (SSSR count). The molecule has 1 amide bonds. The molecule has 28 heavy (non-hydrogen) atoms. The van der Waals surface area contributed by atoms with Crippen LogP contribution in [0.4, 0.5) is 0 Å². The lowest BCUT2D eigenvalue weighted by Crippen LogP contribution is -2.52. The Morgan fingerprint density at radius 1 is 1.29 bits per heavy atom. The van der Waals surface area contributed by atoms with E-state index in [-0.39, 0.29) is 23.6 Å². The van der Waals surface area contributed by atoms with Crippen LogP contribution in [0.2, 0.25) is 0 Å². The number of fused-ring (bicyclic) bond motifs is 1. The van der Waals surface area contributed by atoms with Crippen molar-refractivity contribution in [2.45, 2.75) is 40.1 Å². The summed E-state index contributed by atoms with van der Waals surface area (Å²) in [6.45, 7) is 5.80. The third-order valence-electron chi connectivity index (χ3n) is 4.00. The van der Waals surface area contributed by atoms with Gasteiger partial charge in [0.25, 0.3) is 0 Å². The van der Waals surface area contributed by atoms with Gasteiger partial charge in [0.15, 0.2) is 0 Å². The Morgan fingerprint density at radius 3 is 2.54 bits per heavy atom.